The molecule has 34 heavy (non-hydrogen) atoms. The molecule has 0 aliphatic rings. The number of thiazole rings is 1. The minimum atomic E-state index is -0.365. The Morgan fingerprint density at radius 3 is 2.47 bits per heavy atom. The lowest BCUT2D eigenvalue weighted by Crippen LogP contribution is -2.20. The predicted octanol–water partition coefficient (Wildman–Crippen LogP) is 6.52. The number of anilines is 4. The standard InChI is InChI=1S/C26H27N5O2S/c1-14(2)18-7-5-6-8-20(18)28-25(33)31-26-29-21-10-9-17(13-22(21)34-26)24(32)30-23-16(4)11-15(3)12-19(23)27/h5-14H,27H2,1-4H3,(H,30,32)(H2,28,29,31,33). The van der Waals surface area contributed by atoms with E-state index in [1.165, 1.54) is 11.3 Å². The second kappa shape index (κ2) is 9.52. The number of aryl methyl sites for hydroxylation is 2. The normalized spacial score (nSPS) is 11.0. The second-order valence-corrected chi connectivity index (χ2v) is 9.55. The van der Waals surface area contributed by atoms with Crippen LogP contribution in [0.5, 0.6) is 0 Å². The number of aromatic nitrogens is 1. The van der Waals surface area contributed by atoms with Crippen molar-refractivity contribution in [1.29, 1.82) is 0 Å². The largest absolute Gasteiger partial charge is 0.397 e. The van der Waals surface area contributed by atoms with Gasteiger partial charge in [0, 0.05) is 11.3 Å². The number of para-hydroxylation sites is 1. The SMILES string of the molecule is Cc1cc(C)c(NC(=O)c2ccc3nc(NC(=O)Nc4ccccc4C(C)C)sc3c2)c(N)c1. The molecule has 1 heterocycles. The smallest absolute Gasteiger partial charge is 0.325 e. The molecule has 0 saturated heterocycles. The molecule has 3 amide bonds. The summed E-state index contributed by atoms with van der Waals surface area (Å²) in [4.78, 5) is 29.9. The van der Waals surface area contributed by atoms with Gasteiger partial charge in [0.15, 0.2) is 5.13 Å². The molecule has 4 rings (SSSR count). The number of carbonyl (C=O) groups is 2. The second-order valence-electron chi connectivity index (χ2n) is 8.52. The van der Waals surface area contributed by atoms with E-state index in [-0.39, 0.29) is 17.9 Å². The lowest BCUT2D eigenvalue weighted by Gasteiger charge is -2.13. The Labute approximate surface area is 202 Å². The third-order valence-electron chi connectivity index (χ3n) is 5.45. The molecule has 0 saturated carbocycles. The summed E-state index contributed by atoms with van der Waals surface area (Å²) in [6, 6.07) is 16.4. The minimum absolute atomic E-state index is 0.258. The molecule has 0 atom stereocenters. The highest BCUT2D eigenvalue weighted by Crippen LogP contribution is 2.29. The quantitative estimate of drug-likeness (QED) is 0.248. The van der Waals surface area contributed by atoms with Crippen molar-refractivity contribution >= 4 is 55.7 Å². The van der Waals surface area contributed by atoms with Crippen molar-refractivity contribution in [3.05, 3.63) is 76.9 Å². The molecule has 0 aliphatic heterocycles. The van der Waals surface area contributed by atoms with Gasteiger partial charge in [0.1, 0.15) is 0 Å². The Morgan fingerprint density at radius 1 is 0.971 bits per heavy atom. The summed E-state index contributed by atoms with van der Waals surface area (Å²) in [7, 11) is 0. The number of fused-ring (bicyclic) bond motifs is 1. The van der Waals surface area contributed by atoms with Crippen molar-refractivity contribution in [1.82, 2.24) is 4.98 Å². The highest BCUT2D eigenvalue weighted by molar-refractivity contribution is 7.22. The number of urea groups is 1. The van der Waals surface area contributed by atoms with E-state index in [0.717, 1.165) is 27.1 Å². The Bertz CT molecular complexity index is 1370. The van der Waals surface area contributed by atoms with Gasteiger partial charge in [-0.05, 0) is 66.8 Å². The zero-order chi connectivity index (χ0) is 24.4. The third kappa shape index (κ3) is 5.02. The highest BCUT2D eigenvalue weighted by Gasteiger charge is 2.15. The number of nitrogens with one attached hydrogen (secondary N) is 3. The summed E-state index contributed by atoms with van der Waals surface area (Å²) >= 11 is 1.31. The fraction of sp³-hybridized carbons (Fsp3) is 0.192. The van der Waals surface area contributed by atoms with Gasteiger partial charge < -0.3 is 16.4 Å². The molecule has 0 spiro atoms. The van der Waals surface area contributed by atoms with Crippen LogP contribution >= 0.6 is 11.3 Å². The van der Waals surface area contributed by atoms with Gasteiger partial charge in [-0.3, -0.25) is 10.1 Å². The molecule has 4 aromatic rings. The summed E-state index contributed by atoms with van der Waals surface area (Å²) in [5, 5.41) is 9.05. The van der Waals surface area contributed by atoms with Crippen LogP contribution < -0.4 is 21.7 Å². The maximum absolute atomic E-state index is 12.9. The van der Waals surface area contributed by atoms with Gasteiger partial charge in [-0.1, -0.05) is 49.4 Å². The molecular weight excluding hydrogens is 446 g/mol. The molecule has 0 fully saturated rings. The molecule has 0 unspecified atom stereocenters. The predicted molar refractivity (Wildman–Crippen MR) is 141 cm³/mol. The number of benzene rings is 3. The molecule has 3 aromatic carbocycles. The Balaban J connectivity index is 1.49. The molecule has 8 heteroatoms. The molecule has 0 bridgehead atoms. The van der Waals surface area contributed by atoms with Crippen molar-refractivity contribution in [3.63, 3.8) is 0 Å². The van der Waals surface area contributed by atoms with E-state index in [1.807, 2.05) is 50.2 Å². The van der Waals surface area contributed by atoms with E-state index in [0.29, 0.717) is 27.6 Å². The average molecular weight is 474 g/mol. The van der Waals surface area contributed by atoms with Crippen LogP contribution in [0.25, 0.3) is 10.2 Å². The fourth-order valence-corrected chi connectivity index (χ4v) is 4.74. The van der Waals surface area contributed by atoms with Crippen molar-refractivity contribution in [2.45, 2.75) is 33.6 Å². The molecular formula is C26H27N5O2S. The summed E-state index contributed by atoms with van der Waals surface area (Å²) in [6.45, 7) is 8.03. The maximum atomic E-state index is 12.9. The fourth-order valence-electron chi connectivity index (χ4n) is 3.84. The summed E-state index contributed by atoms with van der Waals surface area (Å²) in [5.41, 5.74) is 12.2. The molecule has 5 N–H and O–H groups in total. The number of rotatable bonds is 5. The first-order valence-electron chi connectivity index (χ1n) is 11.0. The number of hydrogen-bond donors (Lipinski definition) is 4. The first-order chi connectivity index (χ1) is 16.2. The molecule has 0 radical (unpaired) electrons. The van der Waals surface area contributed by atoms with Gasteiger partial charge >= 0.3 is 6.03 Å². The van der Waals surface area contributed by atoms with Gasteiger partial charge in [-0.15, -0.1) is 0 Å². The Kier molecular flexibility index (Phi) is 6.51. The van der Waals surface area contributed by atoms with Crippen LogP contribution in [0.3, 0.4) is 0 Å². The monoisotopic (exact) mass is 473 g/mol. The van der Waals surface area contributed by atoms with Crippen molar-refractivity contribution < 1.29 is 9.59 Å². The van der Waals surface area contributed by atoms with E-state index in [9.17, 15) is 9.59 Å². The van der Waals surface area contributed by atoms with E-state index >= 15 is 0 Å². The summed E-state index contributed by atoms with van der Waals surface area (Å²) < 4.78 is 0.791. The van der Waals surface area contributed by atoms with E-state index < -0.39 is 0 Å². The van der Waals surface area contributed by atoms with Gasteiger partial charge in [0.25, 0.3) is 5.91 Å². The highest BCUT2D eigenvalue weighted by atomic mass is 32.1. The van der Waals surface area contributed by atoms with Crippen molar-refractivity contribution in [3.8, 4) is 0 Å². The zero-order valence-corrected chi connectivity index (χ0v) is 20.3. The average Bonchev–Trinajstić information content (AvgIpc) is 3.17. The molecule has 0 aliphatic carbocycles. The van der Waals surface area contributed by atoms with Crippen molar-refractivity contribution in [2.24, 2.45) is 0 Å². The van der Waals surface area contributed by atoms with Crippen LogP contribution in [-0.4, -0.2) is 16.9 Å². The number of nitrogens with zero attached hydrogens (tertiary/aromatic N) is 1. The molecule has 174 valence electrons. The Morgan fingerprint density at radius 2 is 1.74 bits per heavy atom. The maximum Gasteiger partial charge on any atom is 0.325 e. The van der Waals surface area contributed by atoms with E-state index in [1.54, 1.807) is 18.2 Å². The number of nitrogens with two attached hydrogens (primary N) is 1. The Hall–Kier alpha value is -3.91. The van der Waals surface area contributed by atoms with Gasteiger partial charge in [0.05, 0.1) is 21.6 Å². The zero-order valence-electron chi connectivity index (χ0n) is 19.5. The van der Waals surface area contributed by atoms with E-state index in [2.05, 4.69) is 34.8 Å². The van der Waals surface area contributed by atoms with Gasteiger partial charge in [-0.25, -0.2) is 9.78 Å². The first kappa shape index (κ1) is 23.3. The molecule has 1 aromatic heterocycles. The lowest BCUT2D eigenvalue weighted by molar-refractivity contribution is 0.102. The van der Waals surface area contributed by atoms with Crippen LogP contribution in [0, 0.1) is 13.8 Å². The van der Waals surface area contributed by atoms with Gasteiger partial charge in [-0.2, -0.15) is 0 Å². The number of hydrogen-bond acceptors (Lipinski definition) is 5. The third-order valence-corrected chi connectivity index (χ3v) is 6.38. The summed E-state index contributed by atoms with van der Waals surface area (Å²) in [5.74, 6) is 0.0223. The topological polar surface area (TPSA) is 109 Å². The van der Waals surface area contributed by atoms with Crippen LogP contribution in [0.2, 0.25) is 0 Å². The van der Waals surface area contributed by atoms with Crippen LogP contribution in [0.1, 0.15) is 46.8 Å². The summed E-state index contributed by atoms with van der Waals surface area (Å²) in [6.07, 6.45) is 0. The number of carbonyl (C=O) groups excluding carboxylic acids is 2. The van der Waals surface area contributed by atoms with Gasteiger partial charge in [0.2, 0.25) is 0 Å². The van der Waals surface area contributed by atoms with Crippen LogP contribution in [-0.2, 0) is 0 Å². The van der Waals surface area contributed by atoms with Crippen LogP contribution in [0.4, 0.5) is 27.0 Å². The van der Waals surface area contributed by atoms with Crippen LogP contribution in [0.15, 0.2) is 54.6 Å². The number of nitrogen functional groups attached to an aromatic ring is 1. The van der Waals surface area contributed by atoms with E-state index in [4.69, 9.17) is 5.73 Å². The van der Waals surface area contributed by atoms with Crippen molar-refractivity contribution in [2.75, 3.05) is 21.7 Å². The molecule has 7 nitrogen and oxygen atoms in total. The first-order valence-corrected chi connectivity index (χ1v) is 11.8. The lowest BCUT2D eigenvalue weighted by atomic mass is 10.0. The number of amides is 3. The minimum Gasteiger partial charge on any atom is -0.397 e.